The number of piperidine rings is 1. The van der Waals surface area contributed by atoms with Crippen LogP contribution in [-0.2, 0) is 16.4 Å². The van der Waals surface area contributed by atoms with Crippen molar-refractivity contribution in [2.75, 3.05) is 45.2 Å². The van der Waals surface area contributed by atoms with Gasteiger partial charge in [-0.05, 0) is 82.7 Å². The van der Waals surface area contributed by atoms with Gasteiger partial charge in [0.2, 0.25) is 11.8 Å². The molecule has 3 heterocycles. The second kappa shape index (κ2) is 12.6. The molecule has 1 atom stereocenters. The first kappa shape index (κ1) is 31.1. The quantitative estimate of drug-likeness (QED) is 0.334. The zero-order chi connectivity index (χ0) is 30.7. The van der Waals surface area contributed by atoms with Crippen LogP contribution in [0.3, 0.4) is 0 Å². The van der Waals surface area contributed by atoms with Crippen LogP contribution in [0.15, 0.2) is 48.8 Å². The van der Waals surface area contributed by atoms with Gasteiger partial charge >= 0.3 is 6.18 Å². The number of alkyl halides is 3. The van der Waals surface area contributed by atoms with Crippen LogP contribution in [0.25, 0.3) is 11.3 Å². The number of rotatable bonds is 9. The molecule has 1 aliphatic rings. The van der Waals surface area contributed by atoms with Gasteiger partial charge in [-0.2, -0.15) is 13.2 Å². The van der Waals surface area contributed by atoms with Gasteiger partial charge in [-0.15, -0.1) is 0 Å². The van der Waals surface area contributed by atoms with Gasteiger partial charge in [0, 0.05) is 38.1 Å². The number of aromatic nitrogens is 2. The normalized spacial score (nSPS) is 15.9. The maximum atomic E-state index is 15.7. The second-order valence-electron chi connectivity index (χ2n) is 10.7. The smallest absolute Gasteiger partial charge is 0.416 e. The van der Waals surface area contributed by atoms with Crippen molar-refractivity contribution in [2.24, 2.45) is 0 Å². The summed E-state index contributed by atoms with van der Waals surface area (Å²) in [5.41, 5.74) is -1.52. The number of halogens is 5. The molecule has 1 N–H and O–H groups in total. The molecule has 0 radical (unpaired) electrons. The number of likely N-dealkylation sites (N-methyl/N-ethyl adjacent to an activating group) is 1. The highest BCUT2D eigenvalue weighted by molar-refractivity contribution is 5.89. The van der Waals surface area contributed by atoms with Crippen molar-refractivity contribution in [3.05, 3.63) is 71.6 Å². The average Bonchev–Trinajstić information content (AvgIpc) is 2.92. The molecule has 1 aliphatic heterocycles. The minimum absolute atomic E-state index is 0.0117. The molecule has 1 saturated heterocycles. The summed E-state index contributed by atoms with van der Waals surface area (Å²) in [6.07, 6.45) is -1.36. The number of pyridine rings is 2. The van der Waals surface area contributed by atoms with Crippen LogP contribution in [0.1, 0.15) is 37.8 Å². The molecule has 7 nitrogen and oxygen atoms in total. The molecule has 226 valence electrons. The second-order valence-corrected chi connectivity index (χ2v) is 10.7. The first-order valence-corrected chi connectivity index (χ1v) is 13.7. The van der Waals surface area contributed by atoms with E-state index in [1.54, 1.807) is 24.0 Å². The predicted molar refractivity (Wildman–Crippen MR) is 149 cm³/mol. The van der Waals surface area contributed by atoms with Crippen molar-refractivity contribution >= 4 is 11.6 Å². The molecule has 2 aromatic heterocycles. The number of carbonyl (C=O) groups is 1. The summed E-state index contributed by atoms with van der Waals surface area (Å²) >= 11 is 0. The number of amides is 1. The Labute approximate surface area is 241 Å². The molecule has 0 saturated carbocycles. The fraction of sp³-hybridized carbons (Fsp3) is 0.433. The number of benzene rings is 1. The summed E-state index contributed by atoms with van der Waals surface area (Å²) in [5.74, 6) is -1.75. The molecule has 1 aromatic carbocycles. The molecule has 42 heavy (non-hydrogen) atoms. The largest absolute Gasteiger partial charge is 0.477 e. The van der Waals surface area contributed by atoms with Crippen LogP contribution in [0, 0.1) is 11.6 Å². The fourth-order valence-corrected chi connectivity index (χ4v) is 5.39. The third kappa shape index (κ3) is 6.64. The zero-order valence-electron chi connectivity index (χ0n) is 23.9. The van der Waals surface area contributed by atoms with Crippen molar-refractivity contribution in [1.29, 1.82) is 0 Å². The molecule has 3 aromatic rings. The minimum Gasteiger partial charge on any atom is -0.477 e. The lowest BCUT2D eigenvalue weighted by atomic mass is 9.72. The van der Waals surface area contributed by atoms with E-state index in [4.69, 9.17) is 4.74 Å². The summed E-state index contributed by atoms with van der Waals surface area (Å²) in [6.45, 7) is 4.84. The van der Waals surface area contributed by atoms with Crippen LogP contribution < -0.4 is 15.0 Å². The summed E-state index contributed by atoms with van der Waals surface area (Å²) < 4.78 is 75.2. The highest BCUT2D eigenvalue weighted by Crippen LogP contribution is 2.40. The van der Waals surface area contributed by atoms with Crippen LogP contribution >= 0.6 is 0 Å². The highest BCUT2D eigenvalue weighted by atomic mass is 19.4. The maximum absolute atomic E-state index is 15.7. The van der Waals surface area contributed by atoms with Crippen molar-refractivity contribution in [3.63, 3.8) is 0 Å². The van der Waals surface area contributed by atoms with Crippen LogP contribution in [0.2, 0.25) is 0 Å². The van der Waals surface area contributed by atoms with Gasteiger partial charge in [0.15, 0.2) is 0 Å². The molecular formula is C30H34F5N5O2. The number of anilines is 1. The maximum Gasteiger partial charge on any atom is 0.416 e. The van der Waals surface area contributed by atoms with E-state index in [0.29, 0.717) is 30.3 Å². The molecule has 1 fully saturated rings. The Morgan fingerprint density at radius 3 is 2.43 bits per heavy atom. The lowest BCUT2D eigenvalue weighted by Crippen LogP contribution is -2.54. The Balaban J connectivity index is 1.67. The molecule has 1 unspecified atom stereocenters. The third-order valence-electron chi connectivity index (χ3n) is 7.38. The zero-order valence-corrected chi connectivity index (χ0v) is 23.9. The molecular weight excluding hydrogens is 557 g/mol. The van der Waals surface area contributed by atoms with E-state index in [1.807, 2.05) is 25.9 Å². The van der Waals surface area contributed by atoms with E-state index >= 15 is 4.39 Å². The summed E-state index contributed by atoms with van der Waals surface area (Å²) in [6, 6.07) is 6.76. The first-order chi connectivity index (χ1) is 19.9. The summed E-state index contributed by atoms with van der Waals surface area (Å²) in [4.78, 5) is 25.9. The van der Waals surface area contributed by atoms with Crippen molar-refractivity contribution in [3.8, 4) is 17.1 Å². The first-order valence-electron chi connectivity index (χ1n) is 13.7. The lowest BCUT2D eigenvalue weighted by molar-refractivity contribution is -0.137. The summed E-state index contributed by atoms with van der Waals surface area (Å²) in [7, 11) is 3.75. The number of hydrogen-bond acceptors (Lipinski definition) is 6. The Hall–Kier alpha value is -3.80. The monoisotopic (exact) mass is 591 g/mol. The Kier molecular flexibility index (Phi) is 9.34. The number of nitrogens with zero attached hydrogens (tertiary/aromatic N) is 4. The van der Waals surface area contributed by atoms with Gasteiger partial charge < -0.3 is 19.9 Å². The van der Waals surface area contributed by atoms with Crippen LogP contribution in [0.4, 0.5) is 27.6 Å². The SMILES string of the molecule is CCOc1ncccc1-c1ncc(C2(C(=O)NC(C)CN(C)C)CCN(c3ccc(C(F)(F)F)cc3F)CC2)cc1F. The van der Waals surface area contributed by atoms with E-state index in [1.165, 1.54) is 18.5 Å². The minimum atomic E-state index is -4.67. The highest BCUT2D eigenvalue weighted by Gasteiger charge is 2.44. The number of carbonyl (C=O) groups excluding carboxylic acids is 1. The van der Waals surface area contributed by atoms with Crippen LogP contribution in [0.5, 0.6) is 5.88 Å². The number of nitrogens with one attached hydrogen (secondary N) is 1. The van der Waals surface area contributed by atoms with Gasteiger partial charge in [0.05, 0.1) is 28.8 Å². The average molecular weight is 592 g/mol. The standard InChI is InChI=1S/C30H34F5N5O2/c1-5-42-27-22(7-6-12-36-27)26-24(32)16-21(17-37-26)29(28(41)38-19(2)18-39(3)4)10-13-40(14-11-29)25-9-8-20(15-23(25)31)30(33,34)35/h6-9,12,15-17,19H,5,10-11,13-14,18H2,1-4H3,(H,38,41). The van der Waals surface area contributed by atoms with E-state index in [-0.39, 0.29) is 55.1 Å². The van der Waals surface area contributed by atoms with E-state index < -0.39 is 28.8 Å². The number of ether oxygens (including phenoxy) is 1. The lowest BCUT2D eigenvalue weighted by Gasteiger charge is -2.42. The Morgan fingerprint density at radius 2 is 1.83 bits per heavy atom. The van der Waals surface area contributed by atoms with Gasteiger partial charge in [-0.1, -0.05) is 0 Å². The van der Waals surface area contributed by atoms with Crippen molar-refractivity contribution < 1.29 is 31.5 Å². The van der Waals surface area contributed by atoms with Gasteiger partial charge in [-0.3, -0.25) is 9.78 Å². The van der Waals surface area contributed by atoms with Crippen molar-refractivity contribution in [1.82, 2.24) is 20.2 Å². The van der Waals surface area contributed by atoms with Gasteiger partial charge in [0.25, 0.3) is 0 Å². The molecule has 0 bridgehead atoms. The molecule has 12 heteroatoms. The van der Waals surface area contributed by atoms with Crippen LogP contribution in [-0.4, -0.2) is 67.2 Å². The molecule has 4 rings (SSSR count). The Bertz CT molecular complexity index is 1410. The molecule has 1 amide bonds. The van der Waals surface area contributed by atoms with E-state index in [2.05, 4.69) is 15.3 Å². The Morgan fingerprint density at radius 1 is 1.12 bits per heavy atom. The molecule has 0 aliphatic carbocycles. The van der Waals surface area contributed by atoms with Crippen molar-refractivity contribution in [2.45, 2.75) is 44.3 Å². The number of hydrogen-bond donors (Lipinski definition) is 1. The predicted octanol–water partition coefficient (Wildman–Crippen LogP) is 5.44. The third-order valence-corrected chi connectivity index (χ3v) is 7.38. The topological polar surface area (TPSA) is 70.6 Å². The fourth-order valence-electron chi connectivity index (χ4n) is 5.39. The van der Waals surface area contributed by atoms with E-state index in [9.17, 15) is 22.4 Å². The van der Waals surface area contributed by atoms with E-state index in [0.717, 1.165) is 12.1 Å². The summed E-state index contributed by atoms with van der Waals surface area (Å²) in [5, 5.41) is 3.02. The van der Waals surface area contributed by atoms with Gasteiger partial charge in [0.1, 0.15) is 17.3 Å². The molecule has 0 spiro atoms. The van der Waals surface area contributed by atoms with Gasteiger partial charge in [-0.25, -0.2) is 13.8 Å².